The lowest BCUT2D eigenvalue weighted by atomic mass is 10.0. The van der Waals surface area contributed by atoms with Crippen molar-refractivity contribution in [2.45, 2.75) is 4.83 Å². The zero-order chi connectivity index (χ0) is 14.3. The second-order valence-electron chi connectivity index (χ2n) is 4.30. The number of aromatic nitrogens is 1. The van der Waals surface area contributed by atoms with Gasteiger partial charge in [0.25, 0.3) is 0 Å². The van der Waals surface area contributed by atoms with Gasteiger partial charge < -0.3 is 4.42 Å². The Balaban J connectivity index is 2.09. The number of hydrogen-bond acceptors (Lipinski definition) is 2. The van der Waals surface area contributed by atoms with E-state index in [2.05, 4.69) is 43.5 Å². The summed E-state index contributed by atoms with van der Waals surface area (Å²) in [6, 6.07) is 11.4. The first kappa shape index (κ1) is 14.2. The Labute approximate surface area is 141 Å². The van der Waals surface area contributed by atoms with Gasteiger partial charge in [0.05, 0.1) is 10.3 Å². The molecular weight excluding hydrogens is 456 g/mol. The molecule has 1 unspecified atom stereocenters. The first-order valence-electron chi connectivity index (χ1n) is 5.76. The molecule has 1 atom stereocenters. The number of fused-ring (bicyclic) bond motifs is 1. The fraction of sp³-hybridized carbons (Fsp3) is 0.0714. The van der Waals surface area contributed by atoms with Crippen molar-refractivity contribution < 1.29 is 4.42 Å². The third-order valence-corrected chi connectivity index (χ3v) is 5.21. The van der Waals surface area contributed by atoms with Crippen LogP contribution in [0.25, 0.3) is 11.1 Å². The maximum atomic E-state index is 11.2. The molecule has 6 heteroatoms. The fourth-order valence-electron chi connectivity index (χ4n) is 2.01. The summed E-state index contributed by atoms with van der Waals surface area (Å²) in [7, 11) is 0. The SMILES string of the molecule is O=c1[nH]c2ccc(C(Br)c3cc(Cl)ccc3I)cc2o1. The summed E-state index contributed by atoms with van der Waals surface area (Å²) in [6.07, 6.45) is 0. The molecular formula is C14H8BrClINO2. The number of H-pyrrole nitrogens is 1. The largest absolute Gasteiger partial charge is 0.417 e. The second-order valence-corrected chi connectivity index (χ2v) is 6.81. The van der Waals surface area contributed by atoms with Gasteiger partial charge in [0.1, 0.15) is 0 Å². The van der Waals surface area contributed by atoms with Gasteiger partial charge in [0.2, 0.25) is 0 Å². The number of aromatic amines is 1. The molecule has 0 saturated heterocycles. The Morgan fingerprint density at radius 1 is 1.25 bits per heavy atom. The summed E-state index contributed by atoms with van der Waals surface area (Å²) in [5.41, 5.74) is 3.32. The van der Waals surface area contributed by atoms with Crippen molar-refractivity contribution in [3.8, 4) is 0 Å². The van der Waals surface area contributed by atoms with Gasteiger partial charge in [-0.3, -0.25) is 4.98 Å². The summed E-state index contributed by atoms with van der Waals surface area (Å²) in [5.74, 6) is -0.444. The fourth-order valence-corrected chi connectivity index (χ4v) is 3.93. The monoisotopic (exact) mass is 463 g/mol. The van der Waals surface area contributed by atoms with Crippen LogP contribution < -0.4 is 5.76 Å². The number of alkyl halides is 1. The second kappa shape index (κ2) is 5.54. The van der Waals surface area contributed by atoms with Gasteiger partial charge in [-0.05, 0) is 64.0 Å². The summed E-state index contributed by atoms with van der Waals surface area (Å²) < 4.78 is 6.20. The van der Waals surface area contributed by atoms with Gasteiger partial charge in [-0.1, -0.05) is 33.6 Å². The molecule has 0 bridgehead atoms. The van der Waals surface area contributed by atoms with Crippen LogP contribution in [0.3, 0.4) is 0 Å². The third-order valence-electron chi connectivity index (χ3n) is 2.97. The Hall–Kier alpha value is -0.790. The molecule has 1 heterocycles. The summed E-state index contributed by atoms with van der Waals surface area (Å²) >= 11 is 12.0. The highest BCUT2D eigenvalue weighted by atomic mass is 127. The van der Waals surface area contributed by atoms with Gasteiger partial charge in [-0.2, -0.15) is 0 Å². The zero-order valence-electron chi connectivity index (χ0n) is 9.99. The number of nitrogens with one attached hydrogen (secondary N) is 1. The number of halogens is 3. The highest BCUT2D eigenvalue weighted by molar-refractivity contribution is 14.1. The Kier molecular flexibility index (Phi) is 3.92. The minimum Gasteiger partial charge on any atom is -0.408 e. The quantitative estimate of drug-likeness (QED) is 0.435. The molecule has 102 valence electrons. The van der Waals surface area contributed by atoms with E-state index >= 15 is 0 Å². The minimum atomic E-state index is -0.444. The number of benzene rings is 2. The molecule has 0 aliphatic rings. The van der Waals surface area contributed by atoms with Crippen LogP contribution in [0.4, 0.5) is 0 Å². The van der Waals surface area contributed by atoms with Crippen molar-refractivity contribution in [2.75, 3.05) is 0 Å². The van der Waals surface area contributed by atoms with Crippen molar-refractivity contribution in [1.29, 1.82) is 0 Å². The van der Waals surface area contributed by atoms with Gasteiger partial charge in [-0.25, -0.2) is 4.79 Å². The van der Waals surface area contributed by atoms with Crippen molar-refractivity contribution in [3.05, 3.63) is 66.7 Å². The van der Waals surface area contributed by atoms with E-state index in [4.69, 9.17) is 16.0 Å². The van der Waals surface area contributed by atoms with E-state index in [1.165, 1.54) is 0 Å². The molecule has 0 radical (unpaired) electrons. The molecule has 1 aromatic heterocycles. The standard InChI is InChI=1S/C14H8BrClINO2/c15-13(9-6-8(16)2-3-10(9)17)7-1-4-11-12(5-7)20-14(19)18-11/h1-6,13H,(H,18,19). The molecule has 20 heavy (non-hydrogen) atoms. The minimum absolute atomic E-state index is 0.0160. The topological polar surface area (TPSA) is 46.0 Å². The average Bonchev–Trinajstić information content (AvgIpc) is 2.79. The van der Waals surface area contributed by atoms with Gasteiger partial charge in [-0.15, -0.1) is 0 Å². The highest BCUT2D eigenvalue weighted by Gasteiger charge is 2.15. The lowest BCUT2D eigenvalue weighted by molar-refractivity contribution is 0.555. The predicted octanol–water partition coefficient (Wildman–Crippen LogP) is 4.86. The lowest BCUT2D eigenvalue weighted by Gasteiger charge is -2.13. The smallest absolute Gasteiger partial charge is 0.408 e. The first-order valence-corrected chi connectivity index (χ1v) is 8.13. The Morgan fingerprint density at radius 2 is 2.05 bits per heavy atom. The number of oxazole rings is 1. The molecule has 3 rings (SSSR count). The molecule has 0 aliphatic carbocycles. The normalized spacial score (nSPS) is 12.8. The van der Waals surface area contributed by atoms with E-state index < -0.39 is 5.76 Å². The van der Waals surface area contributed by atoms with Crippen LogP contribution in [0.5, 0.6) is 0 Å². The zero-order valence-corrected chi connectivity index (χ0v) is 14.5. The van der Waals surface area contributed by atoms with Crippen LogP contribution in [-0.2, 0) is 0 Å². The Bertz CT molecular complexity index is 843. The molecule has 0 amide bonds. The van der Waals surface area contributed by atoms with Gasteiger partial charge >= 0.3 is 5.76 Å². The van der Waals surface area contributed by atoms with Crippen molar-refractivity contribution >= 4 is 61.2 Å². The van der Waals surface area contributed by atoms with Crippen LogP contribution in [0, 0.1) is 3.57 Å². The average molecular weight is 464 g/mol. The lowest BCUT2D eigenvalue weighted by Crippen LogP contribution is -1.95. The third kappa shape index (κ3) is 2.66. The van der Waals surface area contributed by atoms with E-state index in [-0.39, 0.29) is 4.83 Å². The molecule has 2 aromatic carbocycles. The van der Waals surface area contributed by atoms with Gasteiger partial charge in [0, 0.05) is 8.59 Å². The maximum absolute atomic E-state index is 11.2. The van der Waals surface area contributed by atoms with Crippen LogP contribution >= 0.6 is 50.1 Å². The molecule has 3 aromatic rings. The van der Waals surface area contributed by atoms with Crippen LogP contribution in [0.2, 0.25) is 5.02 Å². The predicted molar refractivity (Wildman–Crippen MR) is 91.8 cm³/mol. The maximum Gasteiger partial charge on any atom is 0.417 e. The first-order chi connectivity index (χ1) is 9.54. The van der Waals surface area contributed by atoms with Gasteiger partial charge in [0.15, 0.2) is 5.58 Å². The molecule has 0 saturated carbocycles. The molecule has 0 fully saturated rings. The van der Waals surface area contributed by atoms with E-state index in [9.17, 15) is 4.79 Å². The summed E-state index contributed by atoms with van der Waals surface area (Å²) in [6.45, 7) is 0. The van der Waals surface area contributed by atoms with Crippen molar-refractivity contribution in [1.82, 2.24) is 4.98 Å². The van der Waals surface area contributed by atoms with E-state index in [1.54, 1.807) is 0 Å². The number of rotatable bonds is 2. The van der Waals surface area contributed by atoms with Crippen LogP contribution in [0.1, 0.15) is 16.0 Å². The Morgan fingerprint density at radius 3 is 2.85 bits per heavy atom. The molecule has 0 aliphatic heterocycles. The highest BCUT2D eigenvalue weighted by Crippen LogP contribution is 2.35. The number of hydrogen-bond donors (Lipinski definition) is 1. The van der Waals surface area contributed by atoms with E-state index in [0.717, 1.165) is 14.7 Å². The van der Waals surface area contributed by atoms with E-state index in [0.29, 0.717) is 16.1 Å². The van der Waals surface area contributed by atoms with Crippen molar-refractivity contribution in [2.24, 2.45) is 0 Å². The molecule has 3 nitrogen and oxygen atoms in total. The van der Waals surface area contributed by atoms with Crippen LogP contribution in [0.15, 0.2) is 45.6 Å². The summed E-state index contributed by atoms with van der Waals surface area (Å²) in [4.78, 5) is 13.8. The van der Waals surface area contributed by atoms with Crippen LogP contribution in [-0.4, -0.2) is 4.98 Å². The summed E-state index contributed by atoms with van der Waals surface area (Å²) in [5, 5.41) is 0.694. The molecule has 1 N–H and O–H groups in total. The molecule has 0 spiro atoms. The van der Waals surface area contributed by atoms with Crippen molar-refractivity contribution in [3.63, 3.8) is 0 Å². The van der Waals surface area contributed by atoms with E-state index in [1.807, 2.05) is 36.4 Å².